The molecular formula is C12H10ClNO2S. The van der Waals surface area contributed by atoms with E-state index < -0.39 is 0 Å². The molecule has 0 atom stereocenters. The molecule has 2 rings (SSSR count). The van der Waals surface area contributed by atoms with Crippen LogP contribution in [0.1, 0.15) is 10.4 Å². The van der Waals surface area contributed by atoms with Crippen LogP contribution in [-0.4, -0.2) is 29.4 Å². The maximum atomic E-state index is 12.0. The van der Waals surface area contributed by atoms with Crippen LogP contribution in [0.3, 0.4) is 0 Å². The number of carbonyl (C=O) groups is 2. The smallest absolute Gasteiger partial charge is 0.237 e. The largest absolute Gasteiger partial charge is 0.308 e. The quantitative estimate of drug-likeness (QED) is 0.610. The summed E-state index contributed by atoms with van der Waals surface area (Å²) < 4.78 is 0. The molecule has 0 unspecified atom stereocenters. The molecule has 1 aromatic rings. The molecule has 17 heavy (non-hydrogen) atoms. The van der Waals surface area contributed by atoms with E-state index in [9.17, 15) is 9.59 Å². The van der Waals surface area contributed by atoms with Crippen molar-refractivity contribution in [2.24, 2.45) is 0 Å². The first-order valence-corrected chi connectivity index (χ1v) is 6.36. The van der Waals surface area contributed by atoms with Gasteiger partial charge >= 0.3 is 0 Å². The zero-order valence-corrected chi connectivity index (χ0v) is 10.7. The Morgan fingerprint density at radius 3 is 2.53 bits per heavy atom. The standard InChI is InChI=1S/C12H10ClNO2S/c1-14-9(15)7-17-12(14)10(13)11(16)8-5-3-2-4-6-8/h2-6H,7H2,1H3/b12-10-. The fraction of sp³-hybridized carbons (Fsp3) is 0.167. The lowest BCUT2D eigenvalue weighted by molar-refractivity contribution is -0.124. The van der Waals surface area contributed by atoms with E-state index in [4.69, 9.17) is 11.6 Å². The van der Waals surface area contributed by atoms with Crippen LogP contribution < -0.4 is 0 Å². The number of thioether (sulfide) groups is 1. The Hall–Kier alpha value is -1.26. The molecule has 0 radical (unpaired) electrons. The van der Waals surface area contributed by atoms with Crippen molar-refractivity contribution in [1.29, 1.82) is 0 Å². The third-order valence-electron chi connectivity index (χ3n) is 2.43. The highest BCUT2D eigenvalue weighted by Crippen LogP contribution is 2.33. The van der Waals surface area contributed by atoms with Crippen LogP contribution in [0.25, 0.3) is 0 Å². The third kappa shape index (κ3) is 2.37. The molecule has 1 amide bonds. The Labute approximate surface area is 108 Å². The number of allylic oxidation sites excluding steroid dienone is 1. The van der Waals surface area contributed by atoms with Gasteiger partial charge in [0.25, 0.3) is 0 Å². The summed E-state index contributed by atoms with van der Waals surface area (Å²) in [5.74, 6) is 0.0461. The predicted molar refractivity (Wildman–Crippen MR) is 68.9 cm³/mol. The summed E-state index contributed by atoms with van der Waals surface area (Å²) >= 11 is 7.34. The molecule has 88 valence electrons. The number of benzene rings is 1. The number of amides is 1. The van der Waals surface area contributed by atoms with Crippen molar-refractivity contribution in [2.45, 2.75) is 0 Å². The minimum atomic E-state index is -0.253. The van der Waals surface area contributed by atoms with Crippen molar-refractivity contribution in [3.8, 4) is 0 Å². The van der Waals surface area contributed by atoms with E-state index >= 15 is 0 Å². The van der Waals surface area contributed by atoms with E-state index in [0.717, 1.165) is 0 Å². The van der Waals surface area contributed by atoms with Gasteiger partial charge in [-0.25, -0.2) is 0 Å². The van der Waals surface area contributed by atoms with Crippen molar-refractivity contribution < 1.29 is 9.59 Å². The van der Waals surface area contributed by atoms with Gasteiger partial charge in [0.2, 0.25) is 11.7 Å². The maximum Gasteiger partial charge on any atom is 0.237 e. The molecule has 0 bridgehead atoms. The van der Waals surface area contributed by atoms with Gasteiger partial charge in [0.1, 0.15) is 10.1 Å². The molecule has 1 aliphatic heterocycles. The molecule has 0 saturated carbocycles. The van der Waals surface area contributed by atoms with Crippen molar-refractivity contribution in [3.05, 3.63) is 46.0 Å². The Balaban J connectivity index is 2.32. The Morgan fingerprint density at radius 1 is 1.35 bits per heavy atom. The highest BCUT2D eigenvalue weighted by molar-refractivity contribution is 8.04. The molecule has 1 saturated heterocycles. The molecule has 0 spiro atoms. The van der Waals surface area contributed by atoms with Gasteiger partial charge in [-0.15, -0.1) is 0 Å². The van der Waals surface area contributed by atoms with Crippen LogP contribution in [0.2, 0.25) is 0 Å². The molecule has 1 aromatic carbocycles. The zero-order valence-electron chi connectivity index (χ0n) is 9.14. The summed E-state index contributed by atoms with van der Waals surface area (Å²) in [5.41, 5.74) is 0.526. The Bertz CT molecular complexity index is 498. The Morgan fingerprint density at radius 2 is 2.00 bits per heavy atom. The summed E-state index contributed by atoms with van der Waals surface area (Å²) in [4.78, 5) is 24.8. The summed E-state index contributed by atoms with van der Waals surface area (Å²) in [6, 6.07) is 8.79. The first-order chi connectivity index (χ1) is 8.11. The van der Waals surface area contributed by atoms with Gasteiger partial charge in [-0.1, -0.05) is 53.7 Å². The monoisotopic (exact) mass is 267 g/mol. The first-order valence-electron chi connectivity index (χ1n) is 5.00. The highest BCUT2D eigenvalue weighted by atomic mass is 35.5. The van der Waals surface area contributed by atoms with E-state index in [1.165, 1.54) is 16.7 Å². The van der Waals surface area contributed by atoms with E-state index in [1.54, 1.807) is 31.3 Å². The molecular weight excluding hydrogens is 258 g/mol. The van der Waals surface area contributed by atoms with Crippen molar-refractivity contribution >= 4 is 35.1 Å². The summed E-state index contributed by atoms with van der Waals surface area (Å²) in [5, 5.41) is 0.639. The average molecular weight is 268 g/mol. The molecule has 0 aromatic heterocycles. The van der Waals surface area contributed by atoms with Crippen LogP contribution in [0.4, 0.5) is 0 Å². The number of hydrogen-bond acceptors (Lipinski definition) is 3. The lowest BCUT2D eigenvalue weighted by Crippen LogP contribution is -2.20. The maximum absolute atomic E-state index is 12.0. The van der Waals surface area contributed by atoms with Crippen LogP contribution in [-0.2, 0) is 4.79 Å². The number of nitrogens with zero attached hydrogens (tertiary/aromatic N) is 1. The zero-order chi connectivity index (χ0) is 12.4. The fourth-order valence-electron chi connectivity index (χ4n) is 1.46. The van der Waals surface area contributed by atoms with Gasteiger partial charge in [-0.05, 0) is 0 Å². The van der Waals surface area contributed by atoms with Crippen LogP contribution >= 0.6 is 23.4 Å². The fourth-order valence-corrected chi connectivity index (χ4v) is 2.83. The summed E-state index contributed by atoms with van der Waals surface area (Å²) in [6.45, 7) is 0. The molecule has 0 N–H and O–H groups in total. The predicted octanol–water partition coefficient (Wildman–Crippen LogP) is 2.48. The van der Waals surface area contributed by atoms with Crippen molar-refractivity contribution in [3.63, 3.8) is 0 Å². The number of ketones is 1. The molecule has 3 nitrogen and oxygen atoms in total. The molecule has 1 heterocycles. The van der Waals surface area contributed by atoms with E-state index in [2.05, 4.69) is 0 Å². The van der Waals surface area contributed by atoms with Gasteiger partial charge in [0.15, 0.2) is 0 Å². The number of carbonyl (C=O) groups excluding carboxylic acids is 2. The molecule has 1 fully saturated rings. The SMILES string of the molecule is CN1C(=O)CS/C1=C(\Cl)C(=O)c1ccccc1. The number of rotatable bonds is 2. The second-order valence-corrected chi connectivity index (χ2v) is 4.90. The van der Waals surface area contributed by atoms with Gasteiger partial charge in [-0.2, -0.15) is 0 Å². The van der Waals surface area contributed by atoms with E-state index in [-0.39, 0.29) is 16.7 Å². The second-order valence-electron chi connectivity index (χ2n) is 3.56. The molecule has 5 heteroatoms. The topological polar surface area (TPSA) is 37.4 Å². The highest BCUT2D eigenvalue weighted by Gasteiger charge is 2.28. The lowest BCUT2D eigenvalue weighted by atomic mass is 10.1. The summed E-state index contributed by atoms with van der Waals surface area (Å²) in [7, 11) is 1.62. The van der Waals surface area contributed by atoms with Crippen LogP contribution in [0, 0.1) is 0 Å². The van der Waals surface area contributed by atoms with Gasteiger partial charge in [-0.3, -0.25) is 9.59 Å². The average Bonchev–Trinajstić information content (AvgIpc) is 2.69. The summed E-state index contributed by atoms with van der Waals surface area (Å²) in [6.07, 6.45) is 0. The molecule has 1 aliphatic rings. The minimum Gasteiger partial charge on any atom is -0.308 e. The van der Waals surface area contributed by atoms with Crippen molar-refractivity contribution in [2.75, 3.05) is 12.8 Å². The number of Topliss-reactive ketones (excluding diaryl/α,β-unsaturated/α-hetero) is 1. The van der Waals surface area contributed by atoms with Gasteiger partial charge in [0, 0.05) is 12.6 Å². The minimum absolute atomic E-state index is 0.0380. The van der Waals surface area contributed by atoms with Crippen molar-refractivity contribution in [1.82, 2.24) is 4.90 Å². The van der Waals surface area contributed by atoms with Gasteiger partial charge < -0.3 is 4.90 Å². The normalized spacial score (nSPS) is 18.5. The lowest BCUT2D eigenvalue weighted by Gasteiger charge is -2.11. The molecule has 0 aliphatic carbocycles. The Kier molecular flexibility index (Phi) is 3.54. The first kappa shape index (κ1) is 12.2. The third-order valence-corrected chi connectivity index (χ3v) is 4.04. The van der Waals surface area contributed by atoms with Crippen LogP contribution in [0.5, 0.6) is 0 Å². The van der Waals surface area contributed by atoms with Gasteiger partial charge in [0.05, 0.1) is 5.75 Å². The number of halogens is 1. The van der Waals surface area contributed by atoms with E-state index in [0.29, 0.717) is 16.3 Å². The van der Waals surface area contributed by atoms with Crippen LogP contribution in [0.15, 0.2) is 40.4 Å². The second kappa shape index (κ2) is 4.94. The number of hydrogen-bond donors (Lipinski definition) is 0. The van der Waals surface area contributed by atoms with E-state index in [1.807, 2.05) is 6.07 Å².